The highest BCUT2D eigenvalue weighted by atomic mass is 16.6. The zero-order valence-corrected chi connectivity index (χ0v) is 8.04. The average molecular weight is 207 g/mol. The zero-order chi connectivity index (χ0) is 11.4. The van der Waals surface area contributed by atoms with Crippen molar-refractivity contribution in [1.82, 2.24) is 4.98 Å². The summed E-state index contributed by atoms with van der Waals surface area (Å²) in [5, 5.41) is 20.3. The van der Waals surface area contributed by atoms with Crippen molar-refractivity contribution in [2.75, 3.05) is 0 Å². The van der Waals surface area contributed by atoms with Crippen molar-refractivity contribution in [2.45, 2.75) is 6.92 Å². The Morgan fingerprint density at radius 3 is 2.93 bits per heavy atom. The summed E-state index contributed by atoms with van der Waals surface area (Å²) in [6.07, 6.45) is 1.50. The lowest BCUT2D eigenvalue weighted by molar-refractivity contribution is -0.351. The number of aliphatic hydroxyl groups is 1. The van der Waals surface area contributed by atoms with Crippen LogP contribution in [0.1, 0.15) is 6.92 Å². The molecule has 0 aromatic carbocycles. The Hall–Kier alpha value is -2.24. The lowest BCUT2D eigenvalue weighted by Crippen LogP contribution is -2.28. The molecule has 0 aliphatic heterocycles. The SMILES string of the molecule is C=c1nccc/c1=C(O)/N=C(\C)[N+](=O)[O-]. The monoisotopic (exact) mass is 207 g/mol. The number of aliphatic imine (C=N–C) groups is 1. The first-order valence-corrected chi connectivity index (χ1v) is 4.05. The molecule has 0 amide bonds. The lowest BCUT2D eigenvalue weighted by Gasteiger charge is -1.90. The number of nitrogens with zero attached hydrogens (tertiary/aromatic N) is 3. The van der Waals surface area contributed by atoms with Gasteiger partial charge in [-0.3, -0.25) is 4.98 Å². The van der Waals surface area contributed by atoms with Gasteiger partial charge < -0.3 is 15.2 Å². The Labute approximate surface area is 85.1 Å². The predicted molar refractivity (Wildman–Crippen MR) is 55.1 cm³/mol. The van der Waals surface area contributed by atoms with Crippen molar-refractivity contribution >= 4 is 18.3 Å². The molecule has 0 fully saturated rings. The Balaban J connectivity index is 3.36. The van der Waals surface area contributed by atoms with Crippen molar-refractivity contribution in [3.8, 4) is 0 Å². The molecule has 6 nitrogen and oxygen atoms in total. The molecule has 0 aliphatic rings. The fourth-order valence-electron chi connectivity index (χ4n) is 0.896. The van der Waals surface area contributed by atoms with Crippen LogP contribution in [0.4, 0.5) is 0 Å². The predicted octanol–water partition coefficient (Wildman–Crippen LogP) is -0.189. The number of nitro groups is 1. The van der Waals surface area contributed by atoms with E-state index >= 15 is 0 Å². The van der Waals surface area contributed by atoms with Crippen LogP contribution < -0.4 is 10.6 Å². The van der Waals surface area contributed by atoms with E-state index in [1.165, 1.54) is 19.2 Å². The van der Waals surface area contributed by atoms with Crippen LogP contribution >= 0.6 is 0 Å². The first kappa shape index (κ1) is 10.8. The lowest BCUT2D eigenvalue weighted by atomic mass is 10.3. The summed E-state index contributed by atoms with van der Waals surface area (Å²) in [5.41, 5.74) is 0. The molecular weight excluding hydrogens is 198 g/mol. The van der Waals surface area contributed by atoms with E-state index in [-0.39, 0.29) is 5.22 Å². The molecule has 1 aromatic heterocycles. The highest BCUT2D eigenvalue weighted by Gasteiger charge is 2.07. The fraction of sp³-hybridized carbons (Fsp3) is 0.111. The van der Waals surface area contributed by atoms with Gasteiger partial charge in [0.25, 0.3) is 0 Å². The number of aromatic nitrogens is 1. The maximum Gasteiger partial charge on any atom is 0.340 e. The molecule has 0 unspecified atom stereocenters. The van der Waals surface area contributed by atoms with Gasteiger partial charge in [0.15, 0.2) is 0 Å². The summed E-state index contributed by atoms with van der Waals surface area (Å²) in [7, 11) is 0. The second-order valence-electron chi connectivity index (χ2n) is 2.74. The fourth-order valence-corrected chi connectivity index (χ4v) is 0.896. The van der Waals surface area contributed by atoms with E-state index in [1.54, 1.807) is 6.07 Å². The normalized spacial score (nSPS) is 13.5. The standard InChI is InChI=1S/C9H9N3O3/c1-6-8(4-3-5-10-6)9(13)11-7(2)12(14)15/h3-5,13H,1H2,2H3/b9-8+,11-7+. The van der Waals surface area contributed by atoms with E-state index in [4.69, 9.17) is 0 Å². The molecule has 0 bridgehead atoms. The summed E-state index contributed by atoms with van der Waals surface area (Å²) >= 11 is 0. The van der Waals surface area contributed by atoms with Crippen LogP contribution in [0, 0.1) is 10.1 Å². The molecule has 15 heavy (non-hydrogen) atoms. The van der Waals surface area contributed by atoms with Crippen molar-refractivity contribution in [3.05, 3.63) is 39.0 Å². The quantitative estimate of drug-likeness (QED) is 0.299. The van der Waals surface area contributed by atoms with E-state index < -0.39 is 16.6 Å². The van der Waals surface area contributed by atoms with Gasteiger partial charge in [-0.05, 0) is 22.0 Å². The summed E-state index contributed by atoms with van der Waals surface area (Å²) < 4.78 is 0. The smallest absolute Gasteiger partial charge is 0.340 e. The second kappa shape index (κ2) is 4.32. The van der Waals surface area contributed by atoms with Gasteiger partial charge in [0.05, 0.1) is 10.6 Å². The first-order valence-electron chi connectivity index (χ1n) is 4.05. The number of rotatable bonds is 1. The highest BCUT2D eigenvalue weighted by Crippen LogP contribution is 1.89. The number of hydrogen-bond acceptors (Lipinski definition) is 5. The zero-order valence-electron chi connectivity index (χ0n) is 8.04. The summed E-state index contributed by atoms with van der Waals surface area (Å²) in [6, 6.07) is 3.11. The van der Waals surface area contributed by atoms with Crippen LogP contribution in [0.25, 0.3) is 12.5 Å². The van der Waals surface area contributed by atoms with Crippen molar-refractivity contribution in [2.24, 2.45) is 4.99 Å². The van der Waals surface area contributed by atoms with Crippen LogP contribution in [-0.2, 0) is 0 Å². The molecule has 1 aromatic rings. The number of pyridine rings is 1. The van der Waals surface area contributed by atoms with E-state index in [1.807, 2.05) is 0 Å². The molecule has 1 heterocycles. The minimum Gasteiger partial charge on any atom is -0.475 e. The largest absolute Gasteiger partial charge is 0.475 e. The molecule has 1 rings (SSSR count). The highest BCUT2D eigenvalue weighted by molar-refractivity contribution is 5.74. The molecule has 0 saturated carbocycles. The third-order valence-electron chi connectivity index (χ3n) is 1.66. The molecule has 0 atom stereocenters. The van der Waals surface area contributed by atoms with Gasteiger partial charge in [0, 0.05) is 13.1 Å². The molecule has 6 heteroatoms. The Kier molecular flexibility index (Phi) is 3.12. The molecule has 0 spiro atoms. The summed E-state index contributed by atoms with van der Waals surface area (Å²) in [6.45, 7) is 4.75. The third-order valence-corrected chi connectivity index (χ3v) is 1.66. The Bertz CT molecular complexity index is 522. The number of amidine groups is 1. The van der Waals surface area contributed by atoms with Gasteiger partial charge >= 0.3 is 11.7 Å². The van der Waals surface area contributed by atoms with Crippen LogP contribution in [0.3, 0.4) is 0 Å². The molecule has 0 saturated heterocycles. The van der Waals surface area contributed by atoms with Gasteiger partial charge in [0.2, 0.25) is 0 Å². The molecular formula is C9H9N3O3. The second-order valence-corrected chi connectivity index (χ2v) is 2.74. The van der Waals surface area contributed by atoms with Crippen LogP contribution in [0.15, 0.2) is 23.3 Å². The van der Waals surface area contributed by atoms with Gasteiger partial charge in [-0.25, -0.2) is 0 Å². The maximum absolute atomic E-state index is 10.3. The van der Waals surface area contributed by atoms with E-state index in [0.29, 0.717) is 5.35 Å². The molecule has 0 aliphatic carbocycles. The van der Waals surface area contributed by atoms with Gasteiger partial charge in [-0.1, -0.05) is 6.58 Å². The minimum atomic E-state index is -0.685. The van der Waals surface area contributed by atoms with E-state index in [0.717, 1.165) is 0 Å². The number of aliphatic hydroxyl groups excluding tert-OH is 1. The van der Waals surface area contributed by atoms with Gasteiger partial charge in [-0.2, -0.15) is 0 Å². The van der Waals surface area contributed by atoms with Gasteiger partial charge in [-0.15, -0.1) is 0 Å². The Morgan fingerprint density at radius 1 is 1.73 bits per heavy atom. The molecule has 78 valence electrons. The van der Waals surface area contributed by atoms with Gasteiger partial charge in [0.1, 0.15) is 0 Å². The van der Waals surface area contributed by atoms with Crippen molar-refractivity contribution in [1.29, 1.82) is 0 Å². The summed E-state index contributed by atoms with van der Waals surface area (Å²) in [4.78, 5) is 16.8. The van der Waals surface area contributed by atoms with E-state index in [2.05, 4.69) is 16.6 Å². The topological polar surface area (TPSA) is 88.6 Å². The number of hydrogen-bond donors (Lipinski definition) is 1. The van der Waals surface area contributed by atoms with Crippen LogP contribution in [0.5, 0.6) is 0 Å². The molecule has 1 N–H and O–H groups in total. The minimum absolute atomic E-state index is 0.277. The van der Waals surface area contributed by atoms with Crippen LogP contribution in [-0.4, -0.2) is 20.8 Å². The average Bonchev–Trinajstić information content (AvgIpc) is 2.18. The van der Waals surface area contributed by atoms with E-state index in [9.17, 15) is 15.2 Å². The molecule has 0 radical (unpaired) electrons. The Morgan fingerprint density at radius 2 is 2.40 bits per heavy atom. The van der Waals surface area contributed by atoms with Crippen LogP contribution in [0.2, 0.25) is 0 Å². The maximum atomic E-state index is 10.3. The van der Waals surface area contributed by atoms with Crippen molar-refractivity contribution in [3.63, 3.8) is 0 Å². The van der Waals surface area contributed by atoms with Crippen molar-refractivity contribution < 1.29 is 10.0 Å². The first-order chi connectivity index (χ1) is 7.02. The third kappa shape index (κ3) is 2.60. The summed E-state index contributed by atoms with van der Waals surface area (Å²) in [5.74, 6) is -0.849.